The second-order valence-electron chi connectivity index (χ2n) is 9.50. The van der Waals surface area contributed by atoms with Gasteiger partial charge in [0, 0.05) is 41.8 Å². The van der Waals surface area contributed by atoms with Gasteiger partial charge in [0.1, 0.15) is 6.26 Å². The Morgan fingerprint density at radius 1 is 1.16 bits per heavy atom. The van der Waals surface area contributed by atoms with Crippen LogP contribution < -0.4 is 10.9 Å². The molecular formula is C28H28F2N4O3. The molecule has 3 heterocycles. The van der Waals surface area contributed by atoms with Gasteiger partial charge in [0.15, 0.2) is 0 Å². The number of hydrogen-bond acceptors (Lipinski definition) is 5. The van der Waals surface area contributed by atoms with Crippen LogP contribution in [0.1, 0.15) is 34.5 Å². The summed E-state index contributed by atoms with van der Waals surface area (Å²) in [5.41, 5.74) is 3.83. The van der Waals surface area contributed by atoms with E-state index in [0.717, 1.165) is 27.8 Å². The van der Waals surface area contributed by atoms with Crippen molar-refractivity contribution < 1.29 is 18.1 Å². The predicted octanol–water partition coefficient (Wildman–Crippen LogP) is 4.47. The van der Waals surface area contributed by atoms with Crippen LogP contribution in [0.4, 0.5) is 8.78 Å². The van der Waals surface area contributed by atoms with Crippen molar-refractivity contribution in [2.75, 3.05) is 19.6 Å². The molecule has 5 rings (SSSR count). The summed E-state index contributed by atoms with van der Waals surface area (Å²) in [6.45, 7) is 3.06. The lowest BCUT2D eigenvalue weighted by atomic mass is 10.0. The van der Waals surface area contributed by atoms with E-state index in [4.69, 9.17) is 4.52 Å². The molecule has 0 unspecified atom stereocenters. The zero-order valence-corrected chi connectivity index (χ0v) is 20.5. The van der Waals surface area contributed by atoms with Gasteiger partial charge < -0.3 is 14.4 Å². The number of fused-ring (bicyclic) bond motifs is 1. The van der Waals surface area contributed by atoms with Crippen molar-refractivity contribution >= 4 is 16.7 Å². The summed E-state index contributed by atoms with van der Waals surface area (Å²) >= 11 is 0. The Labute approximate surface area is 212 Å². The zero-order chi connectivity index (χ0) is 25.9. The lowest BCUT2D eigenvalue weighted by molar-refractivity contribution is 0.0696. The number of amides is 1. The van der Waals surface area contributed by atoms with E-state index in [1.165, 1.54) is 0 Å². The minimum absolute atomic E-state index is 0.0419. The van der Waals surface area contributed by atoms with Crippen LogP contribution >= 0.6 is 0 Å². The molecule has 0 aliphatic carbocycles. The number of carbonyl (C=O) groups excluding carboxylic acids is 1. The molecule has 0 bridgehead atoms. The standard InChI is InChI=1S/C28H28F2N4O3/c1-18-25(17-37-32-18)20-5-6-24-21(14-20)7-12-34(28(24)36)15-19-3-2-4-22(13-19)27(35)31-23-8-10-33(11-9-23)16-26(29)30/h2-7,12-14,17,23,26H,8-11,15-16H2,1H3,(H,31,35). The number of nitrogens with zero attached hydrogens (tertiary/aromatic N) is 3. The highest BCUT2D eigenvalue weighted by Gasteiger charge is 2.23. The van der Waals surface area contributed by atoms with Crippen LogP contribution in [0.2, 0.25) is 0 Å². The van der Waals surface area contributed by atoms with Crippen LogP contribution in [0.5, 0.6) is 0 Å². The van der Waals surface area contributed by atoms with Crippen LogP contribution in [0.25, 0.3) is 21.9 Å². The number of nitrogens with one attached hydrogen (secondary N) is 1. The number of alkyl halides is 2. The van der Waals surface area contributed by atoms with Gasteiger partial charge in [0.2, 0.25) is 0 Å². The summed E-state index contributed by atoms with van der Waals surface area (Å²) in [6.07, 6.45) is 2.29. The third-order valence-electron chi connectivity index (χ3n) is 6.90. The van der Waals surface area contributed by atoms with Crippen molar-refractivity contribution in [2.45, 2.75) is 38.8 Å². The maximum absolute atomic E-state index is 13.2. The van der Waals surface area contributed by atoms with E-state index in [1.54, 1.807) is 40.1 Å². The molecule has 7 nitrogen and oxygen atoms in total. The normalized spacial score (nSPS) is 14.9. The van der Waals surface area contributed by atoms with Crippen molar-refractivity contribution in [3.8, 4) is 11.1 Å². The van der Waals surface area contributed by atoms with Crippen LogP contribution in [0, 0.1) is 6.92 Å². The average Bonchev–Trinajstić information content (AvgIpc) is 3.32. The first kappa shape index (κ1) is 24.8. The Hall–Kier alpha value is -3.85. The number of likely N-dealkylation sites (tertiary alicyclic amines) is 1. The first-order valence-corrected chi connectivity index (χ1v) is 12.3. The average molecular weight is 507 g/mol. The highest BCUT2D eigenvalue weighted by molar-refractivity contribution is 5.94. The molecule has 0 atom stereocenters. The van der Waals surface area contributed by atoms with Gasteiger partial charge in [-0.05, 0) is 66.6 Å². The monoisotopic (exact) mass is 506 g/mol. The number of aryl methyl sites for hydroxylation is 1. The van der Waals surface area contributed by atoms with Crippen molar-refractivity contribution in [3.63, 3.8) is 0 Å². The van der Waals surface area contributed by atoms with Gasteiger partial charge >= 0.3 is 0 Å². The van der Waals surface area contributed by atoms with Gasteiger partial charge in [-0.15, -0.1) is 0 Å². The largest absolute Gasteiger partial charge is 0.364 e. The number of rotatable bonds is 7. The highest BCUT2D eigenvalue weighted by Crippen LogP contribution is 2.25. The topological polar surface area (TPSA) is 80.4 Å². The molecular weight excluding hydrogens is 478 g/mol. The number of benzene rings is 2. The van der Waals surface area contributed by atoms with E-state index in [0.29, 0.717) is 43.4 Å². The molecule has 9 heteroatoms. The minimum Gasteiger partial charge on any atom is -0.364 e. The van der Waals surface area contributed by atoms with Crippen LogP contribution in [-0.2, 0) is 6.54 Å². The maximum atomic E-state index is 13.2. The molecule has 2 aromatic carbocycles. The summed E-state index contributed by atoms with van der Waals surface area (Å²) in [6, 6.07) is 14.7. The summed E-state index contributed by atoms with van der Waals surface area (Å²) in [5, 5.41) is 8.37. The van der Waals surface area contributed by atoms with Crippen molar-refractivity contribution in [1.29, 1.82) is 0 Å². The number of hydrogen-bond donors (Lipinski definition) is 1. The lowest BCUT2D eigenvalue weighted by Crippen LogP contribution is -2.45. The molecule has 1 fully saturated rings. The first-order valence-electron chi connectivity index (χ1n) is 12.3. The summed E-state index contributed by atoms with van der Waals surface area (Å²) in [5.74, 6) is -0.198. The first-order chi connectivity index (χ1) is 17.9. The molecule has 1 amide bonds. The number of halogens is 2. The Balaban J connectivity index is 1.27. The van der Waals surface area contributed by atoms with Gasteiger partial charge in [0.05, 0.1) is 18.8 Å². The quantitative estimate of drug-likeness (QED) is 0.400. The van der Waals surface area contributed by atoms with Crippen molar-refractivity contribution in [3.05, 3.63) is 88.2 Å². The Bertz CT molecular complexity index is 1470. The molecule has 0 radical (unpaired) electrons. The van der Waals surface area contributed by atoms with Crippen LogP contribution in [0.3, 0.4) is 0 Å². The summed E-state index contributed by atoms with van der Waals surface area (Å²) in [7, 11) is 0. The second-order valence-corrected chi connectivity index (χ2v) is 9.50. The third kappa shape index (κ3) is 5.61. The zero-order valence-electron chi connectivity index (χ0n) is 20.5. The maximum Gasteiger partial charge on any atom is 0.258 e. The summed E-state index contributed by atoms with van der Waals surface area (Å²) in [4.78, 5) is 27.7. The third-order valence-corrected chi connectivity index (χ3v) is 6.90. The lowest BCUT2D eigenvalue weighted by Gasteiger charge is -2.32. The van der Waals surface area contributed by atoms with E-state index in [1.807, 2.05) is 37.3 Å². The van der Waals surface area contributed by atoms with Crippen LogP contribution in [-0.4, -0.2) is 52.6 Å². The molecule has 192 valence electrons. The Morgan fingerprint density at radius 3 is 2.70 bits per heavy atom. The van der Waals surface area contributed by atoms with Gasteiger partial charge in [-0.1, -0.05) is 23.4 Å². The van der Waals surface area contributed by atoms with E-state index in [-0.39, 0.29) is 24.1 Å². The van der Waals surface area contributed by atoms with Gasteiger partial charge in [-0.2, -0.15) is 0 Å². The number of piperidine rings is 1. The predicted molar refractivity (Wildman–Crippen MR) is 137 cm³/mol. The smallest absolute Gasteiger partial charge is 0.258 e. The molecule has 0 saturated carbocycles. The molecule has 1 N–H and O–H groups in total. The Kier molecular flexibility index (Phi) is 7.14. The second kappa shape index (κ2) is 10.6. The fraction of sp³-hybridized carbons (Fsp3) is 0.321. The molecule has 1 saturated heterocycles. The number of aromatic nitrogens is 2. The van der Waals surface area contributed by atoms with Gasteiger partial charge in [-0.25, -0.2) is 8.78 Å². The summed E-state index contributed by atoms with van der Waals surface area (Å²) < 4.78 is 31.8. The SMILES string of the molecule is Cc1nocc1-c1ccc2c(=O)n(Cc3cccc(C(=O)NC4CCN(CC(F)F)CC4)c3)ccc2c1. The fourth-order valence-electron chi connectivity index (χ4n) is 4.88. The van der Waals surface area contributed by atoms with E-state index in [9.17, 15) is 18.4 Å². The van der Waals surface area contributed by atoms with Crippen LogP contribution in [0.15, 0.2) is 70.3 Å². The molecule has 1 aliphatic rings. The molecule has 37 heavy (non-hydrogen) atoms. The van der Waals surface area contributed by atoms with E-state index >= 15 is 0 Å². The minimum atomic E-state index is -2.34. The fourth-order valence-corrected chi connectivity index (χ4v) is 4.88. The molecule has 1 aliphatic heterocycles. The van der Waals surface area contributed by atoms with Crippen molar-refractivity contribution in [1.82, 2.24) is 19.9 Å². The van der Waals surface area contributed by atoms with E-state index in [2.05, 4.69) is 10.5 Å². The molecule has 4 aromatic rings. The Morgan fingerprint density at radius 2 is 1.97 bits per heavy atom. The highest BCUT2D eigenvalue weighted by atomic mass is 19.3. The van der Waals surface area contributed by atoms with Gasteiger partial charge in [-0.3, -0.25) is 14.5 Å². The van der Waals surface area contributed by atoms with E-state index < -0.39 is 6.43 Å². The molecule has 2 aromatic heterocycles. The number of carbonyl (C=O) groups is 1. The van der Waals surface area contributed by atoms with Gasteiger partial charge in [0.25, 0.3) is 17.9 Å². The molecule has 0 spiro atoms. The number of pyridine rings is 1. The van der Waals surface area contributed by atoms with Crippen molar-refractivity contribution in [2.24, 2.45) is 0 Å².